The zero-order chi connectivity index (χ0) is 11.3. The Kier molecular flexibility index (Phi) is 4.92. The minimum absolute atomic E-state index is 0.371. The average Bonchev–Trinajstić information content (AvgIpc) is 2.16. The summed E-state index contributed by atoms with van der Waals surface area (Å²) in [5.74, 6) is -0.860. The second-order valence-corrected chi connectivity index (χ2v) is 3.04. The molecule has 0 fully saturated rings. The van der Waals surface area contributed by atoms with Crippen molar-refractivity contribution in [3.05, 3.63) is 34.4 Å². The first-order chi connectivity index (χ1) is 6.52. The van der Waals surface area contributed by atoms with E-state index >= 15 is 0 Å². The second kappa shape index (κ2) is 5.43. The molecule has 1 aromatic carbocycles. The molecule has 0 heterocycles. The molecule has 0 atom stereocenters. The van der Waals surface area contributed by atoms with Gasteiger partial charge in [0, 0.05) is 0 Å². The van der Waals surface area contributed by atoms with Crippen LogP contribution >= 0.6 is 0 Å². The fourth-order valence-corrected chi connectivity index (χ4v) is 1.16. The summed E-state index contributed by atoms with van der Waals surface area (Å²) in [6, 6.07) is 3.40. The number of hydrogen-bond acceptors (Lipinski definition) is 1. The van der Waals surface area contributed by atoms with Gasteiger partial charge in [0.2, 0.25) is 0 Å². The highest BCUT2D eigenvalue weighted by Gasteiger charge is 2.05. The SMILES string of the molecule is CC.Cc1cc(C(=O)O)cc(C)c1C. The van der Waals surface area contributed by atoms with Crippen molar-refractivity contribution in [2.24, 2.45) is 0 Å². The summed E-state index contributed by atoms with van der Waals surface area (Å²) in [6.07, 6.45) is 0. The Morgan fingerprint density at radius 2 is 1.43 bits per heavy atom. The molecule has 2 nitrogen and oxygen atoms in total. The molecule has 0 spiro atoms. The van der Waals surface area contributed by atoms with Crippen LogP contribution in [0.5, 0.6) is 0 Å². The highest BCUT2D eigenvalue weighted by atomic mass is 16.4. The van der Waals surface area contributed by atoms with Crippen LogP contribution in [0.3, 0.4) is 0 Å². The molecule has 14 heavy (non-hydrogen) atoms. The average molecular weight is 194 g/mol. The van der Waals surface area contributed by atoms with Crippen molar-refractivity contribution in [2.45, 2.75) is 34.6 Å². The van der Waals surface area contributed by atoms with Crippen LogP contribution in [0.25, 0.3) is 0 Å². The fraction of sp³-hybridized carbons (Fsp3) is 0.417. The summed E-state index contributed by atoms with van der Waals surface area (Å²) in [7, 11) is 0. The van der Waals surface area contributed by atoms with Gasteiger partial charge in [-0.3, -0.25) is 0 Å². The highest BCUT2D eigenvalue weighted by molar-refractivity contribution is 5.88. The number of carboxylic acid groups (broad SMARTS) is 1. The molecule has 0 aliphatic carbocycles. The lowest BCUT2D eigenvalue weighted by Crippen LogP contribution is -1.99. The third kappa shape index (κ3) is 2.87. The van der Waals surface area contributed by atoms with Crippen LogP contribution in [-0.2, 0) is 0 Å². The molecule has 0 amide bonds. The first-order valence-electron chi connectivity index (χ1n) is 4.83. The van der Waals surface area contributed by atoms with Crippen LogP contribution in [0.2, 0.25) is 0 Å². The van der Waals surface area contributed by atoms with Crippen LogP contribution < -0.4 is 0 Å². The Morgan fingerprint density at radius 3 is 1.71 bits per heavy atom. The fourth-order valence-electron chi connectivity index (χ4n) is 1.16. The van der Waals surface area contributed by atoms with Crippen molar-refractivity contribution in [3.63, 3.8) is 0 Å². The quantitative estimate of drug-likeness (QED) is 0.744. The van der Waals surface area contributed by atoms with Gasteiger partial charge in [0.15, 0.2) is 0 Å². The number of carboxylic acids is 1. The van der Waals surface area contributed by atoms with Gasteiger partial charge >= 0.3 is 5.97 Å². The predicted molar refractivity (Wildman–Crippen MR) is 59.0 cm³/mol. The summed E-state index contributed by atoms with van der Waals surface area (Å²) in [5.41, 5.74) is 3.61. The molecule has 78 valence electrons. The van der Waals surface area contributed by atoms with Crippen molar-refractivity contribution in [2.75, 3.05) is 0 Å². The Hall–Kier alpha value is -1.31. The molecule has 1 N–H and O–H groups in total. The molecule has 0 aliphatic rings. The molecular formula is C12H18O2. The third-order valence-corrected chi connectivity index (χ3v) is 2.17. The standard InChI is InChI=1S/C10H12O2.C2H6/c1-6-4-9(10(11)12)5-7(2)8(6)3;1-2/h4-5H,1-3H3,(H,11,12);1-2H3. The molecule has 0 saturated carbocycles. The molecule has 1 rings (SSSR count). The van der Waals surface area contributed by atoms with Crippen molar-refractivity contribution < 1.29 is 9.90 Å². The number of rotatable bonds is 1. The zero-order valence-corrected chi connectivity index (χ0v) is 9.51. The van der Waals surface area contributed by atoms with Gasteiger partial charge in [-0.25, -0.2) is 4.79 Å². The smallest absolute Gasteiger partial charge is 0.335 e. The molecule has 0 unspecified atom stereocenters. The first-order valence-corrected chi connectivity index (χ1v) is 4.83. The lowest BCUT2D eigenvalue weighted by molar-refractivity contribution is 0.0696. The minimum atomic E-state index is -0.860. The molecular weight excluding hydrogens is 176 g/mol. The van der Waals surface area contributed by atoms with Crippen LogP contribution in [0, 0.1) is 20.8 Å². The van der Waals surface area contributed by atoms with Gasteiger partial charge < -0.3 is 5.11 Å². The van der Waals surface area contributed by atoms with Gasteiger partial charge in [-0.05, 0) is 49.6 Å². The van der Waals surface area contributed by atoms with E-state index in [1.165, 1.54) is 5.56 Å². The number of hydrogen-bond donors (Lipinski definition) is 1. The number of aryl methyl sites for hydroxylation is 2. The summed E-state index contributed by atoms with van der Waals surface area (Å²) < 4.78 is 0. The lowest BCUT2D eigenvalue weighted by Gasteiger charge is -2.05. The maximum Gasteiger partial charge on any atom is 0.335 e. The van der Waals surface area contributed by atoms with E-state index in [4.69, 9.17) is 5.11 Å². The molecule has 0 bridgehead atoms. The van der Waals surface area contributed by atoms with Crippen LogP contribution in [0.4, 0.5) is 0 Å². The normalized spacial score (nSPS) is 8.93. The molecule has 2 heteroatoms. The van der Waals surface area contributed by atoms with Gasteiger partial charge in [-0.1, -0.05) is 13.8 Å². The van der Waals surface area contributed by atoms with E-state index < -0.39 is 5.97 Å². The van der Waals surface area contributed by atoms with E-state index in [9.17, 15) is 4.79 Å². The van der Waals surface area contributed by atoms with E-state index in [-0.39, 0.29) is 0 Å². The number of aromatic carboxylic acids is 1. The summed E-state index contributed by atoms with van der Waals surface area (Å²) in [4.78, 5) is 10.6. The van der Waals surface area contributed by atoms with E-state index in [0.29, 0.717) is 5.56 Å². The predicted octanol–water partition coefficient (Wildman–Crippen LogP) is 3.34. The van der Waals surface area contributed by atoms with Crippen molar-refractivity contribution >= 4 is 5.97 Å². The molecule has 0 aromatic heterocycles. The summed E-state index contributed by atoms with van der Waals surface area (Å²) in [5, 5.41) is 8.72. The maximum absolute atomic E-state index is 10.6. The largest absolute Gasteiger partial charge is 0.478 e. The molecule has 1 aromatic rings. The monoisotopic (exact) mass is 194 g/mol. The third-order valence-electron chi connectivity index (χ3n) is 2.17. The van der Waals surface area contributed by atoms with Crippen molar-refractivity contribution in [1.29, 1.82) is 0 Å². The topological polar surface area (TPSA) is 37.3 Å². The highest BCUT2D eigenvalue weighted by Crippen LogP contribution is 2.14. The van der Waals surface area contributed by atoms with Gasteiger partial charge in [0.05, 0.1) is 5.56 Å². The van der Waals surface area contributed by atoms with Crippen LogP contribution in [0.15, 0.2) is 12.1 Å². The Balaban J connectivity index is 0.000000791. The lowest BCUT2D eigenvalue weighted by atomic mass is 10.0. The number of benzene rings is 1. The first kappa shape index (κ1) is 12.7. The molecule has 0 aliphatic heterocycles. The van der Waals surface area contributed by atoms with E-state index in [1.807, 2.05) is 34.6 Å². The van der Waals surface area contributed by atoms with Crippen molar-refractivity contribution in [1.82, 2.24) is 0 Å². The number of carbonyl (C=O) groups is 1. The Morgan fingerprint density at radius 1 is 1.07 bits per heavy atom. The molecule has 0 saturated heterocycles. The second-order valence-electron chi connectivity index (χ2n) is 3.04. The van der Waals surface area contributed by atoms with E-state index in [0.717, 1.165) is 11.1 Å². The van der Waals surface area contributed by atoms with Crippen molar-refractivity contribution in [3.8, 4) is 0 Å². The Bertz CT molecular complexity index is 304. The van der Waals surface area contributed by atoms with Gasteiger partial charge in [-0.15, -0.1) is 0 Å². The summed E-state index contributed by atoms with van der Waals surface area (Å²) >= 11 is 0. The van der Waals surface area contributed by atoms with Crippen LogP contribution in [0.1, 0.15) is 40.9 Å². The Labute approximate surface area is 85.6 Å². The van der Waals surface area contributed by atoms with E-state index in [1.54, 1.807) is 12.1 Å². The van der Waals surface area contributed by atoms with Gasteiger partial charge in [-0.2, -0.15) is 0 Å². The zero-order valence-electron chi connectivity index (χ0n) is 9.51. The van der Waals surface area contributed by atoms with Gasteiger partial charge in [0.25, 0.3) is 0 Å². The van der Waals surface area contributed by atoms with E-state index in [2.05, 4.69) is 0 Å². The maximum atomic E-state index is 10.6. The molecule has 0 radical (unpaired) electrons. The minimum Gasteiger partial charge on any atom is -0.478 e. The van der Waals surface area contributed by atoms with Gasteiger partial charge in [0.1, 0.15) is 0 Å². The summed E-state index contributed by atoms with van der Waals surface area (Å²) in [6.45, 7) is 9.85. The van der Waals surface area contributed by atoms with Crippen LogP contribution in [-0.4, -0.2) is 11.1 Å².